The molecule has 0 fully saturated rings. The largest absolute Gasteiger partial charge is 0.330 e. The van der Waals surface area contributed by atoms with Gasteiger partial charge in [-0.05, 0) is 12.1 Å². The van der Waals surface area contributed by atoms with Crippen LogP contribution in [0.3, 0.4) is 0 Å². The zero-order valence-electron chi connectivity index (χ0n) is 7.91. The van der Waals surface area contributed by atoms with Crippen molar-refractivity contribution in [2.24, 2.45) is 0 Å². The van der Waals surface area contributed by atoms with Crippen molar-refractivity contribution in [3.63, 3.8) is 0 Å². The predicted molar refractivity (Wildman–Crippen MR) is 67.2 cm³/mol. The minimum Gasteiger partial charge on any atom is -0.330 e. The molecule has 0 saturated carbocycles. The summed E-state index contributed by atoms with van der Waals surface area (Å²) < 4.78 is 0. The second-order valence-corrected chi connectivity index (χ2v) is 4.69. The highest BCUT2D eigenvalue weighted by atomic mass is 35.5. The topological polar surface area (TPSA) is 42.0 Å². The van der Waals surface area contributed by atoms with Crippen LogP contribution in [0.5, 0.6) is 0 Å². The maximum Gasteiger partial charge on any atom is 0.189 e. The van der Waals surface area contributed by atoms with Gasteiger partial charge in [-0.1, -0.05) is 46.7 Å². The number of halogens is 2. The number of nitrogens with one attached hydrogen (secondary N) is 1. The molecule has 0 bridgehead atoms. The predicted octanol–water partition coefficient (Wildman–Crippen LogP) is 4.01. The van der Waals surface area contributed by atoms with Crippen molar-refractivity contribution in [3.05, 3.63) is 39.3 Å². The Labute approximate surface area is 106 Å². The van der Waals surface area contributed by atoms with Gasteiger partial charge in [0.1, 0.15) is 4.88 Å². The molecule has 2 rings (SSSR count). The molecule has 1 N–H and O–H groups in total. The normalized spacial score (nSPS) is 10.1. The van der Waals surface area contributed by atoms with Gasteiger partial charge in [-0.15, -0.1) is 0 Å². The number of carbonyl (C=O) groups excluding carboxylic acids is 1. The second-order valence-electron chi connectivity index (χ2n) is 2.90. The number of rotatable bonds is 3. The average molecular weight is 273 g/mol. The van der Waals surface area contributed by atoms with Crippen LogP contribution in [0.25, 0.3) is 0 Å². The number of aldehydes is 1. The Bertz CT molecular complexity index is 527. The van der Waals surface area contributed by atoms with E-state index in [2.05, 4.69) is 10.3 Å². The first-order chi connectivity index (χ1) is 7.70. The van der Waals surface area contributed by atoms with Gasteiger partial charge >= 0.3 is 0 Å². The van der Waals surface area contributed by atoms with Gasteiger partial charge in [0.2, 0.25) is 0 Å². The quantitative estimate of drug-likeness (QED) is 0.859. The Kier molecular flexibility index (Phi) is 3.43. The van der Waals surface area contributed by atoms with Gasteiger partial charge in [-0.25, -0.2) is 4.98 Å². The summed E-state index contributed by atoms with van der Waals surface area (Å²) in [6, 6.07) is 7.27. The minimum atomic E-state index is 0.203. The lowest BCUT2D eigenvalue weighted by Crippen LogP contribution is -1.89. The number of benzene rings is 1. The molecule has 1 aromatic carbocycles. The van der Waals surface area contributed by atoms with Crippen molar-refractivity contribution < 1.29 is 4.79 Å². The summed E-state index contributed by atoms with van der Waals surface area (Å²) in [6.45, 7) is 0. The Balaban J connectivity index is 2.27. The van der Waals surface area contributed by atoms with Crippen LogP contribution in [0.1, 0.15) is 9.67 Å². The first-order valence-corrected chi connectivity index (χ1v) is 5.91. The third-order valence-electron chi connectivity index (χ3n) is 1.83. The van der Waals surface area contributed by atoms with Gasteiger partial charge in [-0.3, -0.25) is 4.79 Å². The van der Waals surface area contributed by atoms with Crippen LogP contribution in [0.15, 0.2) is 24.3 Å². The molecule has 0 radical (unpaired) electrons. The fourth-order valence-corrected chi connectivity index (χ4v) is 2.28. The summed E-state index contributed by atoms with van der Waals surface area (Å²) >= 11 is 12.9. The van der Waals surface area contributed by atoms with E-state index in [1.807, 2.05) is 18.2 Å². The fourth-order valence-electron chi connectivity index (χ4n) is 1.12. The highest BCUT2D eigenvalue weighted by Crippen LogP contribution is 2.30. The fraction of sp³-hybridized carbons (Fsp3) is 0. The number of hydrogen-bond acceptors (Lipinski definition) is 4. The SMILES string of the molecule is O=Cc1sc(Nc2ccccc2Cl)nc1Cl. The molecule has 1 heterocycles. The van der Waals surface area contributed by atoms with Crippen LogP contribution in [0.4, 0.5) is 10.8 Å². The maximum atomic E-state index is 10.6. The van der Waals surface area contributed by atoms with Crippen LogP contribution in [0.2, 0.25) is 10.2 Å². The Hall–Kier alpha value is -1.10. The molecule has 82 valence electrons. The Morgan fingerprint density at radius 1 is 1.31 bits per heavy atom. The lowest BCUT2D eigenvalue weighted by atomic mass is 10.3. The third-order valence-corrected chi connectivity index (χ3v) is 3.46. The van der Waals surface area contributed by atoms with E-state index in [9.17, 15) is 4.79 Å². The van der Waals surface area contributed by atoms with E-state index in [1.165, 1.54) is 11.3 Å². The molecule has 0 spiro atoms. The number of nitrogens with zero attached hydrogens (tertiary/aromatic N) is 1. The molecular formula is C10H6Cl2N2OS. The van der Waals surface area contributed by atoms with E-state index in [0.29, 0.717) is 21.3 Å². The van der Waals surface area contributed by atoms with E-state index >= 15 is 0 Å². The molecule has 1 aromatic heterocycles. The van der Waals surface area contributed by atoms with Crippen molar-refractivity contribution in [2.45, 2.75) is 0 Å². The number of anilines is 2. The molecule has 0 aliphatic carbocycles. The molecule has 0 saturated heterocycles. The van der Waals surface area contributed by atoms with Crippen molar-refractivity contribution in [1.82, 2.24) is 4.98 Å². The molecule has 0 unspecified atom stereocenters. The molecule has 2 aromatic rings. The first kappa shape index (κ1) is 11.4. The number of aromatic nitrogens is 1. The average Bonchev–Trinajstić information content (AvgIpc) is 2.62. The second kappa shape index (κ2) is 4.82. The summed E-state index contributed by atoms with van der Waals surface area (Å²) in [5.74, 6) is 0. The van der Waals surface area contributed by atoms with Crippen molar-refractivity contribution in [3.8, 4) is 0 Å². The van der Waals surface area contributed by atoms with E-state index in [1.54, 1.807) is 6.07 Å². The summed E-state index contributed by atoms with van der Waals surface area (Å²) in [5, 5.41) is 4.33. The van der Waals surface area contributed by atoms with Crippen LogP contribution >= 0.6 is 34.5 Å². The molecule has 0 aliphatic heterocycles. The number of carbonyl (C=O) groups is 1. The molecular weight excluding hydrogens is 267 g/mol. The molecule has 6 heteroatoms. The molecule has 0 atom stereocenters. The summed E-state index contributed by atoms with van der Waals surface area (Å²) in [6.07, 6.45) is 0.678. The van der Waals surface area contributed by atoms with Crippen LogP contribution in [0, 0.1) is 0 Å². The smallest absolute Gasteiger partial charge is 0.189 e. The molecule has 3 nitrogen and oxygen atoms in total. The van der Waals surface area contributed by atoms with Gasteiger partial charge in [-0.2, -0.15) is 0 Å². The number of thiazole rings is 1. The van der Waals surface area contributed by atoms with E-state index in [-0.39, 0.29) is 5.15 Å². The third kappa shape index (κ3) is 2.35. The minimum absolute atomic E-state index is 0.203. The molecule has 16 heavy (non-hydrogen) atoms. The Morgan fingerprint density at radius 3 is 2.69 bits per heavy atom. The first-order valence-electron chi connectivity index (χ1n) is 4.34. The highest BCUT2D eigenvalue weighted by molar-refractivity contribution is 7.17. The summed E-state index contributed by atoms with van der Waals surface area (Å²) in [4.78, 5) is 15.0. The van der Waals surface area contributed by atoms with Crippen LogP contribution in [-0.4, -0.2) is 11.3 Å². The summed E-state index contributed by atoms with van der Waals surface area (Å²) in [7, 11) is 0. The number of para-hydroxylation sites is 1. The monoisotopic (exact) mass is 272 g/mol. The van der Waals surface area contributed by atoms with E-state index in [0.717, 1.165) is 5.69 Å². The zero-order valence-corrected chi connectivity index (χ0v) is 10.2. The van der Waals surface area contributed by atoms with Gasteiger partial charge in [0.25, 0.3) is 0 Å². The lowest BCUT2D eigenvalue weighted by Gasteiger charge is -2.03. The van der Waals surface area contributed by atoms with Gasteiger partial charge in [0.05, 0.1) is 10.7 Å². The van der Waals surface area contributed by atoms with Gasteiger partial charge in [0, 0.05) is 0 Å². The molecule has 0 amide bonds. The van der Waals surface area contributed by atoms with Gasteiger partial charge < -0.3 is 5.32 Å². The van der Waals surface area contributed by atoms with Crippen LogP contribution < -0.4 is 5.32 Å². The number of hydrogen-bond donors (Lipinski definition) is 1. The Morgan fingerprint density at radius 2 is 2.06 bits per heavy atom. The van der Waals surface area contributed by atoms with Crippen molar-refractivity contribution in [2.75, 3.05) is 5.32 Å². The standard InChI is InChI=1S/C10H6Cl2N2OS/c11-6-3-1-2-4-7(6)13-10-14-9(12)8(5-15)16-10/h1-5H,(H,13,14). The lowest BCUT2D eigenvalue weighted by molar-refractivity contribution is 0.112. The van der Waals surface area contributed by atoms with Crippen molar-refractivity contribution in [1.29, 1.82) is 0 Å². The maximum absolute atomic E-state index is 10.6. The van der Waals surface area contributed by atoms with Gasteiger partial charge in [0.15, 0.2) is 16.6 Å². The highest BCUT2D eigenvalue weighted by Gasteiger charge is 2.09. The molecule has 0 aliphatic rings. The summed E-state index contributed by atoms with van der Waals surface area (Å²) in [5.41, 5.74) is 0.729. The zero-order chi connectivity index (χ0) is 11.5. The van der Waals surface area contributed by atoms with E-state index in [4.69, 9.17) is 23.2 Å². The van der Waals surface area contributed by atoms with Crippen molar-refractivity contribution >= 4 is 51.6 Å². The van der Waals surface area contributed by atoms with E-state index < -0.39 is 0 Å². The van der Waals surface area contributed by atoms with Crippen LogP contribution in [-0.2, 0) is 0 Å².